The number of para-hydroxylation sites is 3. The zero-order chi connectivity index (χ0) is 29.7. The minimum absolute atomic E-state index is 0.627. The molecule has 0 aliphatic heterocycles. The Morgan fingerprint density at radius 2 is 1.13 bits per heavy atom. The van der Waals surface area contributed by atoms with Gasteiger partial charge in [0.05, 0.1) is 22.4 Å². The smallest absolute Gasteiger partial charge is 0.227 e. The van der Waals surface area contributed by atoms with E-state index in [9.17, 15) is 0 Å². The maximum Gasteiger partial charge on any atom is 0.227 e. The molecule has 0 saturated carbocycles. The summed E-state index contributed by atoms with van der Waals surface area (Å²) in [5.41, 5.74) is 9.35. The van der Waals surface area contributed by atoms with Crippen LogP contribution in [0.2, 0.25) is 0 Å². The molecular formula is C41H27N3O. The van der Waals surface area contributed by atoms with E-state index in [2.05, 4.69) is 137 Å². The Morgan fingerprint density at radius 1 is 0.489 bits per heavy atom. The van der Waals surface area contributed by atoms with Crippen LogP contribution in [0.15, 0.2) is 168 Å². The van der Waals surface area contributed by atoms with Gasteiger partial charge in [-0.05, 0) is 72.8 Å². The molecule has 0 N–H and O–H groups in total. The van der Waals surface area contributed by atoms with Gasteiger partial charge in [0.1, 0.15) is 5.52 Å². The Bertz CT molecular complexity index is 2480. The fraction of sp³-hybridized carbons (Fsp3) is 0. The molecular weight excluding hydrogens is 550 g/mol. The normalized spacial score (nSPS) is 11.6. The number of hydrogen-bond acceptors (Lipinski definition) is 3. The van der Waals surface area contributed by atoms with Crippen LogP contribution in [0.1, 0.15) is 0 Å². The minimum Gasteiger partial charge on any atom is -0.436 e. The summed E-state index contributed by atoms with van der Waals surface area (Å²) in [7, 11) is 0. The van der Waals surface area contributed by atoms with Crippen molar-refractivity contribution < 1.29 is 4.42 Å². The van der Waals surface area contributed by atoms with Crippen LogP contribution in [-0.4, -0.2) is 9.55 Å². The Kier molecular flexibility index (Phi) is 5.78. The first-order chi connectivity index (χ1) is 22.3. The number of aromatic nitrogens is 2. The van der Waals surface area contributed by atoms with E-state index in [4.69, 9.17) is 9.40 Å². The summed E-state index contributed by atoms with van der Waals surface area (Å²) in [5.74, 6) is 0.627. The predicted molar refractivity (Wildman–Crippen MR) is 186 cm³/mol. The Morgan fingerprint density at radius 3 is 1.96 bits per heavy atom. The first-order valence-electron chi connectivity index (χ1n) is 15.2. The van der Waals surface area contributed by atoms with Gasteiger partial charge in [-0.2, -0.15) is 0 Å². The highest BCUT2D eigenvalue weighted by Gasteiger charge is 2.23. The van der Waals surface area contributed by atoms with Crippen molar-refractivity contribution in [2.75, 3.05) is 4.90 Å². The molecule has 0 bridgehead atoms. The molecule has 2 aromatic heterocycles. The fourth-order valence-electron chi connectivity index (χ4n) is 6.66. The average Bonchev–Trinajstić information content (AvgIpc) is 3.70. The van der Waals surface area contributed by atoms with Crippen molar-refractivity contribution in [3.63, 3.8) is 0 Å². The second kappa shape index (κ2) is 10.2. The van der Waals surface area contributed by atoms with E-state index in [-0.39, 0.29) is 0 Å². The maximum absolute atomic E-state index is 6.25. The van der Waals surface area contributed by atoms with Crippen LogP contribution in [0.25, 0.3) is 60.8 Å². The third kappa shape index (κ3) is 4.04. The molecule has 0 radical (unpaired) electrons. The van der Waals surface area contributed by atoms with Crippen LogP contribution in [0.5, 0.6) is 0 Å². The van der Waals surface area contributed by atoms with E-state index in [1.165, 1.54) is 16.3 Å². The molecule has 0 fully saturated rings. The lowest BCUT2D eigenvalue weighted by molar-refractivity contribution is 0.620. The first-order valence-corrected chi connectivity index (χ1v) is 15.2. The van der Waals surface area contributed by atoms with Gasteiger partial charge in [-0.3, -0.25) is 0 Å². The number of nitrogens with zero attached hydrogens (tertiary/aromatic N) is 3. The van der Waals surface area contributed by atoms with Gasteiger partial charge in [0.15, 0.2) is 5.58 Å². The second-order valence-electron chi connectivity index (χ2n) is 11.2. The van der Waals surface area contributed by atoms with Crippen molar-refractivity contribution >= 4 is 60.7 Å². The molecule has 2 heterocycles. The van der Waals surface area contributed by atoms with Crippen LogP contribution >= 0.6 is 0 Å². The summed E-state index contributed by atoms with van der Waals surface area (Å²) in [6.07, 6.45) is 0. The predicted octanol–water partition coefficient (Wildman–Crippen LogP) is 11.2. The number of hydrogen-bond donors (Lipinski definition) is 0. The molecule has 0 atom stereocenters. The molecule has 0 aliphatic carbocycles. The number of benzene rings is 7. The molecule has 0 spiro atoms. The molecule has 212 valence electrons. The molecule has 7 aromatic carbocycles. The molecule has 0 unspecified atom stereocenters. The molecule has 0 amide bonds. The topological polar surface area (TPSA) is 34.2 Å². The van der Waals surface area contributed by atoms with Gasteiger partial charge < -0.3 is 13.9 Å². The molecule has 0 aliphatic rings. The monoisotopic (exact) mass is 577 g/mol. The van der Waals surface area contributed by atoms with E-state index in [1.807, 2.05) is 36.4 Å². The lowest BCUT2D eigenvalue weighted by atomic mass is 10.0. The molecule has 4 nitrogen and oxygen atoms in total. The van der Waals surface area contributed by atoms with Gasteiger partial charge in [0.25, 0.3) is 0 Å². The first kappa shape index (κ1) is 25.4. The summed E-state index contributed by atoms with van der Waals surface area (Å²) in [4.78, 5) is 7.38. The van der Waals surface area contributed by atoms with Gasteiger partial charge in [0, 0.05) is 38.5 Å². The quantitative estimate of drug-likeness (QED) is 0.204. The number of oxazole rings is 1. The largest absolute Gasteiger partial charge is 0.436 e. The standard InChI is InChI=1S/C41H27N3O/c1-4-14-28(15-5-1)41-42-40-32-21-12-23-34(31(32)26-27-38(40)45-41)43(29-16-6-2-7-17-29)36-24-13-25-37-39(36)33-20-10-11-22-35(33)44(37)30-18-8-3-9-19-30/h1-27H. The van der Waals surface area contributed by atoms with Crippen LogP contribution in [0.4, 0.5) is 17.1 Å². The van der Waals surface area contributed by atoms with Gasteiger partial charge in [-0.1, -0.05) is 91.0 Å². The fourth-order valence-corrected chi connectivity index (χ4v) is 6.66. The highest BCUT2D eigenvalue weighted by atomic mass is 16.3. The van der Waals surface area contributed by atoms with Crippen LogP contribution in [-0.2, 0) is 0 Å². The molecule has 0 saturated heterocycles. The van der Waals surface area contributed by atoms with E-state index in [0.717, 1.165) is 55.7 Å². The van der Waals surface area contributed by atoms with Crippen molar-refractivity contribution in [1.82, 2.24) is 9.55 Å². The summed E-state index contributed by atoms with van der Waals surface area (Å²) >= 11 is 0. The Hall–Kier alpha value is -6.13. The molecule has 45 heavy (non-hydrogen) atoms. The Balaban J connectivity index is 1.34. The number of anilines is 3. The van der Waals surface area contributed by atoms with Crippen molar-refractivity contribution in [2.24, 2.45) is 0 Å². The summed E-state index contributed by atoms with van der Waals surface area (Å²) in [5, 5.41) is 4.56. The van der Waals surface area contributed by atoms with Crippen molar-refractivity contribution in [2.45, 2.75) is 0 Å². The highest BCUT2D eigenvalue weighted by Crippen LogP contribution is 2.46. The van der Waals surface area contributed by atoms with Gasteiger partial charge in [0.2, 0.25) is 5.89 Å². The summed E-state index contributed by atoms with van der Waals surface area (Å²) < 4.78 is 8.62. The van der Waals surface area contributed by atoms with Crippen LogP contribution in [0.3, 0.4) is 0 Å². The lowest BCUT2D eigenvalue weighted by Gasteiger charge is -2.27. The zero-order valence-electron chi connectivity index (χ0n) is 24.3. The van der Waals surface area contributed by atoms with Crippen molar-refractivity contribution in [3.05, 3.63) is 164 Å². The third-order valence-corrected chi connectivity index (χ3v) is 8.60. The van der Waals surface area contributed by atoms with E-state index < -0.39 is 0 Å². The van der Waals surface area contributed by atoms with Gasteiger partial charge in [-0.15, -0.1) is 0 Å². The maximum atomic E-state index is 6.25. The minimum atomic E-state index is 0.627. The molecule has 4 heteroatoms. The summed E-state index contributed by atoms with van der Waals surface area (Å²) in [6, 6.07) is 57.3. The third-order valence-electron chi connectivity index (χ3n) is 8.60. The number of fused-ring (bicyclic) bond motifs is 6. The van der Waals surface area contributed by atoms with E-state index >= 15 is 0 Å². The van der Waals surface area contributed by atoms with Gasteiger partial charge >= 0.3 is 0 Å². The molecule has 9 aromatic rings. The summed E-state index contributed by atoms with van der Waals surface area (Å²) in [6.45, 7) is 0. The van der Waals surface area contributed by atoms with Crippen LogP contribution in [0, 0.1) is 0 Å². The second-order valence-corrected chi connectivity index (χ2v) is 11.2. The average molecular weight is 578 g/mol. The van der Waals surface area contributed by atoms with Gasteiger partial charge in [-0.25, -0.2) is 4.98 Å². The number of rotatable bonds is 5. The molecule has 9 rings (SSSR count). The highest BCUT2D eigenvalue weighted by molar-refractivity contribution is 6.18. The van der Waals surface area contributed by atoms with Crippen LogP contribution < -0.4 is 4.90 Å². The Labute approximate surface area is 260 Å². The van der Waals surface area contributed by atoms with E-state index in [0.29, 0.717) is 5.89 Å². The lowest BCUT2D eigenvalue weighted by Crippen LogP contribution is -2.11. The van der Waals surface area contributed by atoms with Crippen molar-refractivity contribution in [1.29, 1.82) is 0 Å². The van der Waals surface area contributed by atoms with Crippen molar-refractivity contribution in [3.8, 4) is 17.1 Å². The van der Waals surface area contributed by atoms with E-state index in [1.54, 1.807) is 0 Å². The zero-order valence-corrected chi connectivity index (χ0v) is 24.3. The SMILES string of the molecule is c1ccc(-c2nc3c(ccc4c(N(c5ccccc5)c5cccc6c5c5ccccc5n6-c5ccccc5)cccc43)o2)cc1.